The summed E-state index contributed by atoms with van der Waals surface area (Å²) in [7, 11) is 0. The molecule has 0 N–H and O–H groups in total. The first-order valence-electron chi connectivity index (χ1n) is 5.97. The second-order valence-electron chi connectivity index (χ2n) is 3.94. The first-order valence-corrected chi connectivity index (χ1v) is 5.97. The van der Waals surface area contributed by atoms with Crippen molar-refractivity contribution in [3.63, 3.8) is 0 Å². The van der Waals surface area contributed by atoms with E-state index < -0.39 is 31.3 Å². The van der Waals surface area contributed by atoms with Gasteiger partial charge in [0, 0.05) is 5.57 Å². The molecule has 0 saturated carbocycles. The van der Waals surface area contributed by atoms with Gasteiger partial charge in [-0.05, 0) is 13.3 Å². The summed E-state index contributed by atoms with van der Waals surface area (Å²) in [5.74, 6) is -0.505. The van der Waals surface area contributed by atoms with Crippen molar-refractivity contribution in [2.45, 2.75) is 39.0 Å². The molecule has 0 aliphatic rings. The lowest BCUT2D eigenvalue weighted by Crippen LogP contribution is -2.22. The maximum Gasteiger partial charge on any atom is 0.391 e. The highest BCUT2D eigenvalue weighted by Crippen LogP contribution is 2.19. The van der Waals surface area contributed by atoms with E-state index in [1.54, 1.807) is 19.9 Å². The van der Waals surface area contributed by atoms with Gasteiger partial charge < -0.3 is 9.47 Å². The van der Waals surface area contributed by atoms with Gasteiger partial charge in [-0.2, -0.15) is 13.2 Å². The average molecular weight is 280 g/mol. The number of hydrogen-bond donors (Lipinski definition) is 0. The molecular weight excluding hydrogens is 261 g/mol. The van der Waals surface area contributed by atoms with E-state index in [0.717, 1.165) is 0 Å². The highest BCUT2D eigenvalue weighted by molar-refractivity contribution is 5.88. The maximum absolute atomic E-state index is 11.8. The van der Waals surface area contributed by atoms with Crippen molar-refractivity contribution in [1.29, 1.82) is 0 Å². The molecular formula is C13H19F3O3. The van der Waals surface area contributed by atoms with Gasteiger partial charge in [0.05, 0.1) is 19.6 Å². The van der Waals surface area contributed by atoms with Crippen molar-refractivity contribution in [2.75, 3.05) is 13.2 Å². The summed E-state index contributed by atoms with van der Waals surface area (Å²) in [6.45, 7) is 6.33. The lowest BCUT2D eigenvalue weighted by atomic mass is 10.2. The van der Waals surface area contributed by atoms with Crippen LogP contribution in [0.5, 0.6) is 0 Å². The van der Waals surface area contributed by atoms with Crippen molar-refractivity contribution in [3.8, 4) is 0 Å². The standard InChI is InChI=1S/C13H19F3O3/c1-4-6-11(5-2)12(17)19-10(3)9-18-8-7-13(14,15)16/h4,6,10H,1,5,7-9H2,2-3H3/b11-6+. The first kappa shape index (κ1) is 17.7. The maximum atomic E-state index is 11.8. The first-order chi connectivity index (χ1) is 8.80. The number of halogens is 3. The highest BCUT2D eigenvalue weighted by Gasteiger charge is 2.26. The monoisotopic (exact) mass is 280 g/mol. The number of alkyl halides is 3. The van der Waals surface area contributed by atoms with Crippen molar-refractivity contribution >= 4 is 5.97 Å². The minimum absolute atomic E-state index is 0.0626. The van der Waals surface area contributed by atoms with Gasteiger partial charge in [0.2, 0.25) is 0 Å². The number of carbonyl (C=O) groups excluding carboxylic acids is 1. The molecule has 0 heterocycles. The Morgan fingerprint density at radius 1 is 1.42 bits per heavy atom. The summed E-state index contributed by atoms with van der Waals surface area (Å²) >= 11 is 0. The Labute approximate surface area is 111 Å². The molecule has 0 bridgehead atoms. The lowest BCUT2D eigenvalue weighted by Gasteiger charge is -2.15. The Balaban J connectivity index is 3.98. The molecule has 6 heteroatoms. The Morgan fingerprint density at radius 3 is 2.53 bits per heavy atom. The van der Waals surface area contributed by atoms with Gasteiger partial charge in [-0.15, -0.1) is 0 Å². The number of allylic oxidation sites excluding steroid dienone is 2. The van der Waals surface area contributed by atoms with E-state index in [1.807, 2.05) is 0 Å². The molecule has 3 nitrogen and oxygen atoms in total. The van der Waals surface area contributed by atoms with Crippen molar-refractivity contribution < 1.29 is 27.4 Å². The fourth-order valence-corrected chi connectivity index (χ4v) is 1.20. The van der Waals surface area contributed by atoms with Crippen LogP contribution in [0.2, 0.25) is 0 Å². The molecule has 0 amide bonds. The Hall–Kier alpha value is -1.30. The van der Waals surface area contributed by atoms with Crippen LogP contribution in [-0.2, 0) is 14.3 Å². The summed E-state index contributed by atoms with van der Waals surface area (Å²) in [5.41, 5.74) is 0.456. The van der Waals surface area contributed by atoms with E-state index in [2.05, 4.69) is 6.58 Å². The number of ether oxygens (including phenoxy) is 2. The van der Waals surface area contributed by atoms with Gasteiger partial charge in [0.1, 0.15) is 6.10 Å². The van der Waals surface area contributed by atoms with Crippen molar-refractivity contribution in [2.24, 2.45) is 0 Å². The number of esters is 1. The summed E-state index contributed by atoms with van der Waals surface area (Å²) in [6.07, 6.45) is -2.33. The van der Waals surface area contributed by atoms with Gasteiger partial charge >= 0.3 is 12.1 Å². The largest absolute Gasteiger partial charge is 0.457 e. The number of carbonyl (C=O) groups is 1. The summed E-state index contributed by atoms with van der Waals surface area (Å²) in [5, 5.41) is 0. The quantitative estimate of drug-likeness (QED) is 0.296. The molecule has 0 aromatic rings. The van der Waals surface area contributed by atoms with E-state index in [1.165, 1.54) is 6.08 Å². The molecule has 19 heavy (non-hydrogen) atoms. The number of hydrogen-bond acceptors (Lipinski definition) is 3. The van der Waals surface area contributed by atoms with Gasteiger partial charge in [-0.3, -0.25) is 0 Å². The topological polar surface area (TPSA) is 35.5 Å². The molecule has 0 spiro atoms. The molecule has 0 radical (unpaired) electrons. The molecule has 0 aromatic heterocycles. The van der Waals surface area contributed by atoms with Gasteiger partial charge in [0.15, 0.2) is 0 Å². The molecule has 0 rings (SSSR count). The van der Waals surface area contributed by atoms with Gasteiger partial charge in [-0.25, -0.2) is 4.79 Å². The highest BCUT2D eigenvalue weighted by atomic mass is 19.4. The zero-order valence-electron chi connectivity index (χ0n) is 11.1. The molecule has 110 valence electrons. The summed E-state index contributed by atoms with van der Waals surface area (Å²) < 4.78 is 45.4. The molecule has 0 saturated heterocycles. The third-order valence-electron chi connectivity index (χ3n) is 2.15. The number of rotatable bonds is 8. The van der Waals surface area contributed by atoms with Crippen LogP contribution in [0.25, 0.3) is 0 Å². The zero-order valence-corrected chi connectivity index (χ0v) is 11.1. The van der Waals surface area contributed by atoms with Crippen LogP contribution in [0, 0.1) is 0 Å². The van der Waals surface area contributed by atoms with E-state index in [4.69, 9.17) is 9.47 Å². The van der Waals surface area contributed by atoms with Crippen molar-refractivity contribution in [3.05, 3.63) is 24.3 Å². The van der Waals surface area contributed by atoms with Gasteiger partial charge in [-0.1, -0.05) is 25.7 Å². The smallest absolute Gasteiger partial charge is 0.391 e. The van der Waals surface area contributed by atoms with Crippen LogP contribution in [-0.4, -0.2) is 31.5 Å². The Bertz CT molecular complexity index is 322. The van der Waals surface area contributed by atoms with Crippen LogP contribution in [0.1, 0.15) is 26.7 Å². The molecule has 0 fully saturated rings. The average Bonchev–Trinajstić information content (AvgIpc) is 2.30. The summed E-state index contributed by atoms with van der Waals surface area (Å²) in [4.78, 5) is 11.6. The molecule has 0 aliphatic heterocycles. The van der Waals surface area contributed by atoms with Gasteiger partial charge in [0.25, 0.3) is 0 Å². The lowest BCUT2D eigenvalue weighted by molar-refractivity contribution is -0.154. The fourth-order valence-electron chi connectivity index (χ4n) is 1.20. The second-order valence-corrected chi connectivity index (χ2v) is 3.94. The van der Waals surface area contributed by atoms with E-state index in [-0.39, 0.29) is 6.61 Å². The summed E-state index contributed by atoms with van der Waals surface area (Å²) in [6, 6.07) is 0. The Kier molecular flexibility index (Phi) is 8.14. The molecule has 0 aromatic carbocycles. The van der Waals surface area contributed by atoms with Crippen LogP contribution in [0.15, 0.2) is 24.3 Å². The SMILES string of the molecule is C=C/C=C(\CC)C(=O)OC(C)COCCC(F)(F)F. The molecule has 1 unspecified atom stereocenters. The third kappa shape index (κ3) is 9.30. The molecule has 1 atom stereocenters. The third-order valence-corrected chi connectivity index (χ3v) is 2.15. The minimum atomic E-state index is -4.23. The van der Waals surface area contributed by atoms with E-state index in [9.17, 15) is 18.0 Å². The van der Waals surface area contributed by atoms with E-state index in [0.29, 0.717) is 12.0 Å². The predicted molar refractivity (Wildman–Crippen MR) is 65.6 cm³/mol. The zero-order chi connectivity index (χ0) is 14.9. The predicted octanol–water partition coefficient (Wildman–Crippen LogP) is 3.41. The van der Waals surface area contributed by atoms with Crippen LogP contribution < -0.4 is 0 Å². The van der Waals surface area contributed by atoms with Crippen LogP contribution in [0.4, 0.5) is 13.2 Å². The van der Waals surface area contributed by atoms with E-state index >= 15 is 0 Å². The second kappa shape index (κ2) is 8.74. The van der Waals surface area contributed by atoms with Crippen molar-refractivity contribution in [1.82, 2.24) is 0 Å². The molecule has 0 aliphatic carbocycles. The van der Waals surface area contributed by atoms with Crippen LogP contribution >= 0.6 is 0 Å². The normalized spacial score (nSPS) is 14.1. The van der Waals surface area contributed by atoms with Crippen LogP contribution in [0.3, 0.4) is 0 Å². The minimum Gasteiger partial charge on any atom is -0.457 e. The fraction of sp³-hybridized carbons (Fsp3) is 0.615. The Morgan fingerprint density at radius 2 is 2.05 bits per heavy atom.